The fourth-order valence-corrected chi connectivity index (χ4v) is 4.52. The molecule has 1 rings (SSSR count). The molecule has 0 unspecified atom stereocenters. The number of pyridine rings is 1. The molecule has 0 aliphatic rings. The summed E-state index contributed by atoms with van der Waals surface area (Å²) in [5.74, 6) is 12.7. The van der Waals surface area contributed by atoms with E-state index in [0.717, 1.165) is 6.42 Å². The molecule has 0 aromatic carbocycles. The van der Waals surface area contributed by atoms with Crippen LogP contribution in [-0.4, -0.2) is 32.7 Å². The van der Waals surface area contributed by atoms with E-state index in [-0.39, 0.29) is 10.6 Å². The fourth-order valence-electron chi connectivity index (χ4n) is 2.73. The van der Waals surface area contributed by atoms with Gasteiger partial charge in [0.05, 0.1) is 12.7 Å². The molecule has 0 fully saturated rings. The zero-order valence-electron chi connectivity index (χ0n) is 21.7. The molecular weight excluding hydrogens is 422 g/mol. The van der Waals surface area contributed by atoms with Gasteiger partial charge in [-0.3, -0.25) is 5.32 Å². The van der Waals surface area contributed by atoms with Crippen molar-refractivity contribution in [3.63, 3.8) is 0 Å². The molecule has 0 atom stereocenters. The van der Waals surface area contributed by atoms with E-state index in [2.05, 4.69) is 64.9 Å². The number of nitrogen functional groups attached to an aromatic ring is 1. The first-order valence-electron chi connectivity index (χ1n) is 10.9. The monoisotopic (exact) mass is 464 g/mol. The summed E-state index contributed by atoms with van der Waals surface area (Å²) in [6, 6.07) is 1.67. The van der Waals surface area contributed by atoms with Crippen LogP contribution in [-0.2, 0) is 9.16 Å². The number of methoxy groups -OCH3 is 1. The van der Waals surface area contributed by atoms with Crippen molar-refractivity contribution in [2.24, 2.45) is 0 Å². The first kappa shape index (κ1) is 27.8. The average molecular weight is 465 g/mol. The zero-order valence-corrected chi connectivity index (χ0v) is 22.7. The molecule has 3 N–H and O–H groups in total. The Hall–Kier alpha value is -2.24. The molecular formula is C24H42N3O4Si+. The summed E-state index contributed by atoms with van der Waals surface area (Å²) >= 11 is 0. The molecule has 1 aromatic rings. The lowest BCUT2D eigenvalue weighted by Crippen LogP contribution is -2.47. The lowest BCUT2D eigenvalue weighted by atomic mass is 10.0. The minimum Gasteiger partial charge on any atom is -0.489 e. The van der Waals surface area contributed by atoms with Gasteiger partial charge in [-0.1, -0.05) is 31.4 Å². The number of nitrogens with two attached hydrogens (primary N) is 1. The van der Waals surface area contributed by atoms with Crippen molar-refractivity contribution in [3.8, 4) is 17.6 Å². The Morgan fingerprint density at radius 3 is 2.25 bits per heavy atom. The molecule has 8 heteroatoms. The van der Waals surface area contributed by atoms with Crippen LogP contribution in [0, 0.1) is 11.8 Å². The van der Waals surface area contributed by atoms with Crippen LogP contribution >= 0.6 is 0 Å². The van der Waals surface area contributed by atoms with Crippen molar-refractivity contribution in [2.45, 2.75) is 97.6 Å². The van der Waals surface area contributed by atoms with Gasteiger partial charge in [0.1, 0.15) is 11.3 Å². The van der Waals surface area contributed by atoms with Gasteiger partial charge in [-0.15, -0.1) is 0 Å². The Balaban J connectivity index is 2.94. The molecule has 7 nitrogen and oxygen atoms in total. The largest absolute Gasteiger partial charge is 0.489 e. The predicted octanol–water partition coefficient (Wildman–Crippen LogP) is 4.98. The highest BCUT2D eigenvalue weighted by Crippen LogP contribution is 2.39. The summed E-state index contributed by atoms with van der Waals surface area (Å²) in [5, 5.41) is 2.86. The topological polar surface area (TPSA) is 86.7 Å². The number of anilines is 1. The van der Waals surface area contributed by atoms with E-state index in [0.29, 0.717) is 23.6 Å². The van der Waals surface area contributed by atoms with Gasteiger partial charge in [0.25, 0.3) is 5.69 Å². The minimum atomic E-state index is -1.86. The maximum absolute atomic E-state index is 12.2. The summed E-state index contributed by atoms with van der Waals surface area (Å²) in [6.07, 6.45) is 2.45. The van der Waals surface area contributed by atoms with Crippen molar-refractivity contribution in [1.29, 1.82) is 0 Å². The van der Waals surface area contributed by atoms with Gasteiger partial charge in [0.15, 0.2) is 8.32 Å². The molecule has 0 spiro atoms. The van der Waals surface area contributed by atoms with Crippen LogP contribution < -0.4 is 20.6 Å². The maximum atomic E-state index is 12.2. The zero-order chi connectivity index (χ0) is 25.0. The molecule has 0 aliphatic carbocycles. The number of rotatable bonds is 6. The van der Waals surface area contributed by atoms with E-state index in [1.807, 2.05) is 0 Å². The fraction of sp³-hybridized carbons (Fsp3) is 0.667. The number of nitrogens with one attached hydrogen (secondary N) is 1. The van der Waals surface area contributed by atoms with Crippen LogP contribution in [0.1, 0.15) is 73.9 Å². The Morgan fingerprint density at radius 1 is 1.16 bits per heavy atom. The van der Waals surface area contributed by atoms with Gasteiger partial charge >= 0.3 is 6.09 Å². The van der Waals surface area contributed by atoms with Crippen LogP contribution in [0.5, 0.6) is 5.75 Å². The number of carbonyl (C=O) groups is 1. The van der Waals surface area contributed by atoms with Gasteiger partial charge in [-0.2, -0.15) is 0 Å². The molecule has 32 heavy (non-hydrogen) atoms. The second kappa shape index (κ2) is 10.1. The van der Waals surface area contributed by atoms with Gasteiger partial charge in [0.2, 0.25) is 11.9 Å². The van der Waals surface area contributed by atoms with E-state index in [4.69, 9.17) is 19.7 Å². The predicted molar refractivity (Wildman–Crippen MR) is 132 cm³/mol. The van der Waals surface area contributed by atoms with Crippen LogP contribution in [0.4, 0.5) is 10.5 Å². The Bertz CT molecular complexity index is 872. The molecule has 1 heterocycles. The number of hydrogen-bond acceptors (Lipinski definition) is 5. The lowest BCUT2D eigenvalue weighted by molar-refractivity contribution is -0.641. The summed E-state index contributed by atoms with van der Waals surface area (Å²) in [5.41, 5.74) is 0.107. The highest BCUT2D eigenvalue weighted by atomic mass is 28.4. The van der Waals surface area contributed by atoms with Crippen LogP contribution in [0.15, 0.2) is 12.3 Å². The highest BCUT2D eigenvalue weighted by Gasteiger charge is 2.41. The molecule has 0 saturated heterocycles. The number of amides is 1. The molecule has 0 bridgehead atoms. The van der Waals surface area contributed by atoms with E-state index >= 15 is 0 Å². The Kier molecular flexibility index (Phi) is 8.80. The molecule has 0 saturated carbocycles. The third-order valence-corrected chi connectivity index (χ3v) is 10.0. The third-order valence-electron chi connectivity index (χ3n) is 5.34. The number of nitrogens with zero attached hydrogens (tertiary/aromatic N) is 1. The Morgan fingerprint density at radius 2 is 1.75 bits per heavy atom. The number of hydrogen-bond donors (Lipinski definition) is 2. The van der Waals surface area contributed by atoms with E-state index in [1.54, 1.807) is 33.0 Å². The summed E-state index contributed by atoms with van der Waals surface area (Å²) < 4.78 is 18.6. The Labute approximate surface area is 195 Å². The quantitative estimate of drug-likeness (QED) is 0.268. The highest BCUT2D eigenvalue weighted by molar-refractivity contribution is 6.74. The van der Waals surface area contributed by atoms with Gasteiger partial charge in [-0.05, 0) is 59.2 Å². The normalized spacial score (nSPS) is 12.6. The SMILES string of the molecule is COc1c[n+](N)c(C#CCCC(C)(C)O[Si](C)(C)C(C)(C)C)cc1NC(=O)OC(C)(C)C. The summed E-state index contributed by atoms with van der Waals surface area (Å²) in [7, 11) is -0.357. The molecule has 180 valence electrons. The van der Waals surface area contributed by atoms with Crippen molar-refractivity contribution < 1.29 is 23.4 Å². The number of aromatic nitrogens is 1. The van der Waals surface area contributed by atoms with Crippen LogP contribution in [0.25, 0.3) is 0 Å². The van der Waals surface area contributed by atoms with Crippen LogP contribution in [0.3, 0.4) is 0 Å². The lowest BCUT2D eigenvalue weighted by Gasteiger charge is -2.42. The number of ether oxygens (including phenoxy) is 2. The molecule has 0 radical (unpaired) electrons. The first-order valence-corrected chi connectivity index (χ1v) is 13.9. The molecule has 1 aromatic heterocycles. The van der Waals surface area contributed by atoms with Gasteiger partial charge < -0.3 is 13.9 Å². The second-order valence-corrected chi connectivity index (χ2v) is 15.8. The van der Waals surface area contributed by atoms with E-state index < -0.39 is 20.0 Å². The van der Waals surface area contributed by atoms with Crippen molar-refractivity contribution in [3.05, 3.63) is 18.0 Å². The van der Waals surface area contributed by atoms with Crippen molar-refractivity contribution >= 4 is 20.1 Å². The third kappa shape index (κ3) is 8.71. The smallest absolute Gasteiger partial charge is 0.412 e. The number of carbonyl (C=O) groups excluding carboxylic acids is 1. The van der Waals surface area contributed by atoms with E-state index in [9.17, 15) is 4.79 Å². The summed E-state index contributed by atoms with van der Waals surface area (Å²) in [4.78, 5) is 12.2. The maximum Gasteiger partial charge on any atom is 0.412 e. The van der Waals surface area contributed by atoms with E-state index in [1.165, 1.54) is 11.8 Å². The van der Waals surface area contributed by atoms with Crippen LogP contribution in [0.2, 0.25) is 18.1 Å². The average Bonchev–Trinajstić information content (AvgIpc) is 2.57. The molecule has 1 amide bonds. The second-order valence-electron chi connectivity index (χ2n) is 11.1. The van der Waals surface area contributed by atoms with Gasteiger partial charge in [-0.25, -0.2) is 10.6 Å². The summed E-state index contributed by atoms with van der Waals surface area (Å²) in [6.45, 7) is 20.9. The standard InChI is InChI=1S/C24H41N3O4Si/c1-22(2,3)30-21(28)26-19-16-18(27(25)17-20(19)29-9)14-12-13-15-24(7,8)31-32(10,11)23(4,5)6/h16-17H,13,15,25H2,1-11H3/p+1. The first-order chi connectivity index (χ1) is 14.4. The van der Waals surface area contributed by atoms with Gasteiger partial charge in [0, 0.05) is 18.4 Å². The molecule has 0 aliphatic heterocycles. The van der Waals surface area contributed by atoms with Crippen molar-refractivity contribution in [2.75, 3.05) is 18.3 Å². The van der Waals surface area contributed by atoms with Crippen molar-refractivity contribution in [1.82, 2.24) is 0 Å². The minimum absolute atomic E-state index is 0.154.